The van der Waals surface area contributed by atoms with E-state index in [9.17, 15) is 0 Å². The lowest BCUT2D eigenvalue weighted by Gasteiger charge is -2.42. The number of rotatable bonds is 1. The molecule has 0 saturated heterocycles. The van der Waals surface area contributed by atoms with E-state index >= 15 is 0 Å². The molecular formula is C29H23N. The van der Waals surface area contributed by atoms with Gasteiger partial charge in [-0.15, -0.1) is 6.42 Å². The van der Waals surface area contributed by atoms with Crippen molar-refractivity contribution in [1.29, 1.82) is 0 Å². The zero-order valence-electron chi connectivity index (χ0n) is 17.3. The average molecular weight is 386 g/mol. The fourth-order valence-corrected chi connectivity index (χ4v) is 4.38. The van der Waals surface area contributed by atoms with Crippen molar-refractivity contribution in [2.45, 2.75) is 19.3 Å². The van der Waals surface area contributed by atoms with E-state index in [1.54, 1.807) is 0 Å². The van der Waals surface area contributed by atoms with Crippen LogP contribution in [0.25, 0.3) is 11.1 Å². The second-order valence-electron chi connectivity index (χ2n) is 8.23. The molecule has 3 aliphatic rings. The largest absolute Gasteiger partial charge is 0.309 e. The highest BCUT2D eigenvalue weighted by atomic mass is 15.2. The first-order valence-electron chi connectivity index (χ1n) is 10.3. The first-order valence-corrected chi connectivity index (χ1v) is 10.3. The molecule has 3 aromatic carbocycles. The minimum Gasteiger partial charge on any atom is -0.309 e. The van der Waals surface area contributed by atoms with Gasteiger partial charge in [0.1, 0.15) is 0 Å². The molecule has 0 atom stereocenters. The van der Waals surface area contributed by atoms with Crippen LogP contribution in [-0.2, 0) is 5.41 Å². The second kappa shape index (κ2) is 6.94. The molecule has 2 aliphatic carbocycles. The van der Waals surface area contributed by atoms with Crippen LogP contribution in [0.1, 0.15) is 30.5 Å². The molecular weight excluding hydrogens is 362 g/mol. The summed E-state index contributed by atoms with van der Waals surface area (Å²) in [5.41, 5.74) is 9.79. The monoisotopic (exact) mass is 385 g/mol. The van der Waals surface area contributed by atoms with Crippen LogP contribution in [0.3, 0.4) is 0 Å². The van der Waals surface area contributed by atoms with Gasteiger partial charge < -0.3 is 4.90 Å². The minimum atomic E-state index is -0.0469. The molecule has 30 heavy (non-hydrogen) atoms. The number of anilines is 3. The lowest BCUT2D eigenvalue weighted by molar-refractivity contribution is 0.632. The Balaban J connectivity index is 0.000000272. The molecule has 0 amide bonds. The van der Waals surface area contributed by atoms with Gasteiger partial charge in [-0.2, -0.15) is 0 Å². The second-order valence-corrected chi connectivity index (χ2v) is 8.23. The van der Waals surface area contributed by atoms with Crippen LogP contribution in [0.5, 0.6) is 0 Å². The van der Waals surface area contributed by atoms with Crippen LogP contribution >= 0.6 is 0 Å². The predicted octanol–water partition coefficient (Wildman–Crippen LogP) is 7.44. The predicted molar refractivity (Wildman–Crippen MR) is 127 cm³/mol. The van der Waals surface area contributed by atoms with E-state index in [1.807, 2.05) is 18.2 Å². The first-order chi connectivity index (χ1) is 14.6. The zero-order valence-corrected chi connectivity index (χ0v) is 17.3. The van der Waals surface area contributed by atoms with Crippen LogP contribution in [0.15, 0.2) is 97.1 Å². The average Bonchev–Trinajstić information content (AvgIpc) is 2.77. The first kappa shape index (κ1) is 18.3. The quantitative estimate of drug-likeness (QED) is 0.271. The number of terminal acetylenes is 1. The summed E-state index contributed by atoms with van der Waals surface area (Å²) < 4.78 is 0. The number of nitrogens with zero attached hydrogens (tertiary/aromatic N) is 1. The van der Waals surface area contributed by atoms with Crippen molar-refractivity contribution >= 4 is 17.1 Å². The van der Waals surface area contributed by atoms with E-state index in [0.29, 0.717) is 0 Å². The van der Waals surface area contributed by atoms with Crippen LogP contribution < -0.4 is 4.90 Å². The SMILES string of the molecule is C#Cc1ccccc1N1c2ccccc2C(C)(C)c2ccccc21.c1cc2ccc1-2. The van der Waals surface area contributed by atoms with Gasteiger partial charge in [-0.3, -0.25) is 0 Å². The highest BCUT2D eigenvalue weighted by Crippen LogP contribution is 2.51. The number of para-hydroxylation sites is 3. The third-order valence-electron chi connectivity index (χ3n) is 6.16. The van der Waals surface area contributed by atoms with Gasteiger partial charge in [0, 0.05) is 11.0 Å². The summed E-state index contributed by atoms with van der Waals surface area (Å²) in [4.78, 5) is 2.30. The minimum absolute atomic E-state index is 0.0469. The topological polar surface area (TPSA) is 3.24 Å². The normalized spacial score (nSPS) is 13.8. The third-order valence-corrected chi connectivity index (χ3v) is 6.16. The number of fused-ring (bicyclic) bond motifs is 3. The van der Waals surface area contributed by atoms with E-state index in [4.69, 9.17) is 6.42 Å². The van der Waals surface area contributed by atoms with Crippen LogP contribution in [0, 0.1) is 12.3 Å². The van der Waals surface area contributed by atoms with Gasteiger partial charge in [0.05, 0.1) is 17.1 Å². The van der Waals surface area contributed by atoms with Gasteiger partial charge in [-0.05, 0) is 46.5 Å². The highest BCUT2D eigenvalue weighted by molar-refractivity contribution is 5.87. The fraction of sp³-hybridized carbons (Fsp3) is 0.103. The van der Waals surface area contributed by atoms with Gasteiger partial charge >= 0.3 is 0 Å². The molecule has 0 radical (unpaired) electrons. The molecule has 1 heterocycles. The molecule has 3 aromatic rings. The van der Waals surface area contributed by atoms with Gasteiger partial charge in [0.15, 0.2) is 0 Å². The van der Waals surface area contributed by atoms with Crippen LogP contribution in [-0.4, -0.2) is 0 Å². The smallest absolute Gasteiger partial charge is 0.0618 e. The molecule has 6 rings (SSSR count). The summed E-state index contributed by atoms with van der Waals surface area (Å²) in [5, 5.41) is 0. The Bertz CT molecular complexity index is 1200. The Morgan fingerprint density at radius 3 is 1.47 bits per heavy atom. The van der Waals surface area contributed by atoms with Crippen LogP contribution in [0.2, 0.25) is 0 Å². The maximum atomic E-state index is 5.77. The molecule has 0 saturated carbocycles. The molecule has 0 spiro atoms. The Morgan fingerprint density at radius 1 is 0.600 bits per heavy atom. The summed E-state index contributed by atoms with van der Waals surface area (Å²) in [7, 11) is 0. The van der Waals surface area contributed by atoms with Gasteiger partial charge in [0.25, 0.3) is 0 Å². The Morgan fingerprint density at radius 2 is 1.03 bits per heavy atom. The number of hydrogen-bond acceptors (Lipinski definition) is 1. The maximum Gasteiger partial charge on any atom is 0.0618 e. The van der Waals surface area contributed by atoms with E-state index in [2.05, 4.69) is 104 Å². The molecule has 0 aromatic heterocycles. The molecule has 0 unspecified atom stereocenters. The lowest BCUT2D eigenvalue weighted by atomic mass is 9.73. The van der Waals surface area contributed by atoms with Crippen molar-refractivity contribution in [1.82, 2.24) is 0 Å². The lowest BCUT2D eigenvalue weighted by Crippen LogP contribution is -2.30. The zero-order chi connectivity index (χ0) is 20.7. The van der Waals surface area contributed by atoms with E-state index in [-0.39, 0.29) is 5.41 Å². The van der Waals surface area contributed by atoms with Crippen molar-refractivity contribution < 1.29 is 0 Å². The van der Waals surface area contributed by atoms with E-state index in [0.717, 1.165) is 11.3 Å². The van der Waals surface area contributed by atoms with Crippen molar-refractivity contribution in [2.75, 3.05) is 4.90 Å². The van der Waals surface area contributed by atoms with E-state index in [1.165, 1.54) is 33.6 Å². The molecule has 0 bridgehead atoms. The van der Waals surface area contributed by atoms with Gasteiger partial charge in [0.2, 0.25) is 0 Å². The van der Waals surface area contributed by atoms with Gasteiger partial charge in [-0.25, -0.2) is 0 Å². The van der Waals surface area contributed by atoms with Crippen LogP contribution in [0.4, 0.5) is 17.1 Å². The highest BCUT2D eigenvalue weighted by Gasteiger charge is 2.36. The summed E-state index contributed by atoms with van der Waals surface area (Å²) in [6, 6.07) is 33.8. The summed E-state index contributed by atoms with van der Waals surface area (Å²) in [5.74, 6) is 2.83. The standard InChI is InChI=1S/C23H19N.C6H4/c1-4-17-11-5-8-14-20(17)24-21-15-9-6-12-18(21)23(2,3)19-13-7-10-16-22(19)24;1-2-6-4-3-5(1)6/h1,5-16H,2-3H3;1-4H. The number of hydrogen-bond donors (Lipinski definition) is 0. The summed E-state index contributed by atoms with van der Waals surface area (Å²) in [6.45, 7) is 4.57. The summed E-state index contributed by atoms with van der Waals surface area (Å²) in [6.07, 6.45) is 5.77. The Hall–Kier alpha value is -3.76. The van der Waals surface area contributed by atoms with Gasteiger partial charge in [-0.1, -0.05) is 92.6 Å². The maximum absolute atomic E-state index is 5.77. The van der Waals surface area contributed by atoms with Crippen molar-refractivity contribution in [3.63, 3.8) is 0 Å². The molecule has 1 heteroatoms. The molecule has 1 nitrogen and oxygen atoms in total. The van der Waals surface area contributed by atoms with Crippen molar-refractivity contribution in [2.24, 2.45) is 0 Å². The Labute approximate surface area is 178 Å². The Kier molecular flexibility index (Phi) is 4.23. The van der Waals surface area contributed by atoms with Crippen molar-refractivity contribution in [3.05, 3.63) is 114 Å². The molecule has 0 N–H and O–H groups in total. The van der Waals surface area contributed by atoms with E-state index < -0.39 is 0 Å². The van der Waals surface area contributed by atoms with Crippen molar-refractivity contribution in [3.8, 4) is 23.5 Å². The molecule has 144 valence electrons. The third kappa shape index (κ3) is 2.73. The fourth-order valence-electron chi connectivity index (χ4n) is 4.38. The molecule has 1 aliphatic heterocycles. The summed E-state index contributed by atoms with van der Waals surface area (Å²) >= 11 is 0. The number of benzene rings is 4. The molecule has 0 fully saturated rings.